The largest absolute Gasteiger partial charge is 0.353 e. The fourth-order valence-corrected chi connectivity index (χ4v) is 2.49. The molecule has 0 aromatic heterocycles. The quantitative estimate of drug-likeness (QED) is 0.547. The van der Waals surface area contributed by atoms with E-state index >= 15 is 0 Å². The van der Waals surface area contributed by atoms with Crippen LogP contribution in [0.2, 0.25) is 0 Å². The van der Waals surface area contributed by atoms with Crippen LogP contribution in [0.15, 0.2) is 0 Å². The summed E-state index contributed by atoms with van der Waals surface area (Å²) in [6, 6.07) is -0.520. The van der Waals surface area contributed by atoms with E-state index in [4.69, 9.17) is 0 Å². The number of amides is 3. The van der Waals surface area contributed by atoms with Gasteiger partial charge < -0.3 is 20.4 Å². The lowest BCUT2D eigenvalue weighted by Gasteiger charge is -2.36. The zero-order chi connectivity index (χ0) is 13.8. The van der Waals surface area contributed by atoms with Crippen molar-refractivity contribution in [3.63, 3.8) is 0 Å². The molecule has 7 nitrogen and oxygen atoms in total. The van der Waals surface area contributed by atoms with Crippen LogP contribution < -0.4 is 10.6 Å². The van der Waals surface area contributed by atoms with Crippen molar-refractivity contribution < 1.29 is 14.4 Å². The van der Waals surface area contributed by atoms with Crippen LogP contribution in [0.25, 0.3) is 0 Å². The van der Waals surface area contributed by atoms with E-state index in [-0.39, 0.29) is 5.91 Å². The number of rotatable bonds is 1. The van der Waals surface area contributed by atoms with Crippen molar-refractivity contribution >= 4 is 17.7 Å². The standard InChI is InChI=1S/C12H20N4O3/c1-2-9-10(17)14-5-8-16(9)12(19)11(18)15-6-3-13-4-7-15/h9,13H,2-8H2,1H3,(H,14,17). The first-order valence-electron chi connectivity index (χ1n) is 6.73. The zero-order valence-electron chi connectivity index (χ0n) is 11.1. The minimum Gasteiger partial charge on any atom is -0.353 e. The third kappa shape index (κ3) is 2.86. The maximum absolute atomic E-state index is 12.2. The Labute approximate surface area is 112 Å². The van der Waals surface area contributed by atoms with E-state index in [0.717, 1.165) is 0 Å². The highest BCUT2D eigenvalue weighted by molar-refractivity contribution is 6.35. The topological polar surface area (TPSA) is 81.8 Å². The summed E-state index contributed by atoms with van der Waals surface area (Å²) in [7, 11) is 0. The number of nitrogens with zero attached hydrogens (tertiary/aromatic N) is 2. The van der Waals surface area contributed by atoms with Gasteiger partial charge >= 0.3 is 11.8 Å². The van der Waals surface area contributed by atoms with Crippen LogP contribution in [-0.4, -0.2) is 72.8 Å². The molecule has 2 aliphatic heterocycles. The molecule has 2 heterocycles. The van der Waals surface area contributed by atoms with Crippen LogP contribution in [0.4, 0.5) is 0 Å². The van der Waals surface area contributed by atoms with E-state index < -0.39 is 17.9 Å². The Morgan fingerprint density at radius 1 is 1.16 bits per heavy atom. The number of hydrogen-bond acceptors (Lipinski definition) is 4. The smallest absolute Gasteiger partial charge is 0.312 e. The molecule has 1 unspecified atom stereocenters. The summed E-state index contributed by atoms with van der Waals surface area (Å²) in [5.74, 6) is -1.21. The van der Waals surface area contributed by atoms with Gasteiger partial charge in [-0.1, -0.05) is 6.92 Å². The first-order chi connectivity index (χ1) is 9.15. The monoisotopic (exact) mass is 268 g/mol. The van der Waals surface area contributed by atoms with Crippen LogP contribution in [0, 0.1) is 0 Å². The fourth-order valence-electron chi connectivity index (χ4n) is 2.49. The molecule has 2 N–H and O–H groups in total. The Bertz CT molecular complexity index is 379. The predicted octanol–water partition coefficient (Wildman–Crippen LogP) is -1.84. The number of hydrogen-bond donors (Lipinski definition) is 2. The lowest BCUT2D eigenvalue weighted by molar-refractivity contribution is -0.156. The molecule has 2 saturated heterocycles. The molecule has 2 fully saturated rings. The van der Waals surface area contributed by atoms with Gasteiger partial charge in [0.25, 0.3) is 0 Å². The highest BCUT2D eigenvalue weighted by Gasteiger charge is 2.36. The summed E-state index contributed by atoms with van der Waals surface area (Å²) in [4.78, 5) is 39.0. The molecule has 0 aromatic rings. The highest BCUT2D eigenvalue weighted by Crippen LogP contribution is 2.10. The van der Waals surface area contributed by atoms with Crippen LogP contribution in [0.5, 0.6) is 0 Å². The van der Waals surface area contributed by atoms with Crippen LogP contribution in [-0.2, 0) is 14.4 Å². The van der Waals surface area contributed by atoms with E-state index in [1.54, 1.807) is 4.90 Å². The van der Waals surface area contributed by atoms with Gasteiger partial charge in [0.2, 0.25) is 5.91 Å². The van der Waals surface area contributed by atoms with E-state index in [2.05, 4.69) is 10.6 Å². The Morgan fingerprint density at radius 3 is 2.47 bits per heavy atom. The molecule has 0 radical (unpaired) electrons. The van der Waals surface area contributed by atoms with Gasteiger partial charge in [0.05, 0.1) is 0 Å². The molecule has 0 aliphatic carbocycles. The molecule has 2 aliphatic rings. The van der Waals surface area contributed by atoms with Crippen LogP contribution >= 0.6 is 0 Å². The van der Waals surface area contributed by atoms with Gasteiger partial charge in [-0.05, 0) is 6.42 Å². The summed E-state index contributed by atoms with van der Waals surface area (Å²) >= 11 is 0. The van der Waals surface area contributed by atoms with Crippen LogP contribution in [0.3, 0.4) is 0 Å². The van der Waals surface area contributed by atoms with Gasteiger partial charge in [0.1, 0.15) is 6.04 Å². The van der Waals surface area contributed by atoms with Crippen molar-refractivity contribution in [2.45, 2.75) is 19.4 Å². The maximum Gasteiger partial charge on any atom is 0.312 e. The van der Waals surface area contributed by atoms with Crippen molar-refractivity contribution in [2.24, 2.45) is 0 Å². The van der Waals surface area contributed by atoms with E-state index in [9.17, 15) is 14.4 Å². The number of carbonyl (C=O) groups is 3. The van der Waals surface area contributed by atoms with Crippen molar-refractivity contribution in [3.05, 3.63) is 0 Å². The summed E-state index contributed by atoms with van der Waals surface area (Å²) in [6.07, 6.45) is 0.520. The maximum atomic E-state index is 12.2. The molecular formula is C12H20N4O3. The Kier molecular flexibility index (Phi) is 4.36. The van der Waals surface area contributed by atoms with Gasteiger partial charge in [-0.2, -0.15) is 0 Å². The molecule has 106 valence electrons. The first-order valence-corrected chi connectivity index (χ1v) is 6.73. The third-order valence-electron chi connectivity index (χ3n) is 3.57. The fraction of sp³-hybridized carbons (Fsp3) is 0.750. The zero-order valence-corrected chi connectivity index (χ0v) is 11.1. The SMILES string of the molecule is CCC1C(=O)NCCN1C(=O)C(=O)N1CCNCC1. The lowest BCUT2D eigenvalue weighted by Crippen LogP contribution is -2.61. The summed E-state index contributed by atoms with van der Waals surface area (Å²) in [6.45, 7) is 5.15. The normalized spacial score (nSPS) is 24.1. The highest BCUT2D eigenvalue weighted by atomic mass is 16.2. The summed E-state index contributed by atoms with van der Waals surface area (Å²) in [5.41, 5.74) is 0. The van der Waals surface area contributed by atoms with Crippen molar-refractivity contribution in [2.75, 3.05) is 39.3 Å². The average molecular weight is 268 g/mol. The van der Waals surface area contributed by atoms with Crippen molar-refractivity contribution in [3.8, 4) is 0 Å². The van der Waals surface area contributed by atoms with Gasteiger partial charge in [-0.25, -0.2) is 0 Å². The molecule has 3 amide bonds. The molecule has 19 heavy (non-hydrogen) atoms. The second-order valence-corrected chi connectivity index (χ2v) is 4.76. The number of nitrogens with one attached hydrogen (secondary N) is 2. The Balaban J connectivity index is 2.04. The molecular weight excluding hydrogens is 248 g/mol. The van der Waals surface area contributed by atoms with E-state index in [0.29, 0.717) is 45.7 Å². The molecule has 0 bridgehead atoms. The average Bonchev–Trinajstić information content (AvgIpc) is 2.46. The lowest BCUT2D eigenvalue weighted by atomic mass is 10.1. The van der Waals surface area contributed by atoms with Crippen LogP contribution in [0.1, 0.15) is 13.3 Å². The minimum absolute atomic E-state index is 0.171. The molecule has 1 atom stereocenters. The van der Waals surface area contributed by atoms with Gasteiger partial charge in [0.15, 0.2) is 0 Å². The molecule has 0 spiro atoms. The van der Waals surface area contributed by atoms with Gasteiger partial charge in [-0.3, -0.25) is 14.4 Å². The molecule has 0 saturated carbocycles. The van der Waals surface area contributed by atoms with E-state index in [1.807, 2.05) is 6.92 Å². The van der Waals surface area contributed by atoms with E-state index in [1.165, 1.54) is 4.90 Å². The molecule has 7 heteroatoms. The minimum atomic E-state index is -0.552. The van der Waals surface area contributed by atoms with Crippen molar-refractivity contribution in [1.82, 2.24) is 20.4 Å². The Morgan fingerprint density at radius 2 is 1.84 bits per heavy atom. The van der Waals surface area contributed by atoms with Gasteiger partial charge in [-0.15, -0.1) is 0 Å². The summed E-state index contributed by atoms with van der Waals surface area (Å²) < 4.78 is 0. The van der Waals surface area contributed by atoms with Crippen molar-refractivity contribution in [1.29, 1.82) is 0 Å². The second-order valence-electron chi connectivity index (χ2n) is 4.76. The molecule has 0 aromatic carbocycles. The third-order valence-corrected chi connectivity index (χ3v) is 3.57. The number of piperazine rings is 2. The summed E-state index contributed by atoms with van der Waals surface area (Å²) in [5, 5.41) is 5.85. The molecule has 2 rings (SSSR count). The number of carbonyl (C=O) groups excluding carboxylic acids is 3. The van der Waals surface area contributed by atoms with Gasteiger partial charge in [0, 0.05) is 39.3 Å². The predicted molar refractivity (Wildman–Crippen MR) is 68.3 cm³/mol. The first kappa shape index (κ1) is 13.8. The second kappa shape index (κ2) is 6.01. The Hall–Kier alpha value is -1.63.